The van der Waals surface area contributed by atoms with Crippen molar-refractivity contribution in [3.63, 3.8) is 0 Å². The number of carbonyl (C=O) groups excluding carboxylic acids is 1. The van der Waals surface area contributed by atoms with E-state index in [9.17, 15) is 4.79 Å². The van der Waals surface area contributed by atoms with E-state index in [1.165, 1.54) is 7.11 Å². The molecule has 0 amide bonds. The van der Waals surface area contributed by atoms with Gasteiger partial charge >= 0.3 is 13.1 Å². The van der Waals surface area contributed by atoms with E-state index < -0.39 is 24.3 Å². The third kappa shape index (κ3) is 2.15. The fraction of sp³-hybridized carbons (Fsp3) is 0.727. The molecule has 1 aliphatic rings. The average Bonchev–Trinajstić information content (AvgIpc) is 2.36. The third-order valence-electron chi connectivity index (χ3n) is 3.24. The number of rotatable bonds is 2. The standard InChI is InChI=1S/C11H19BO4/c1-7-8(9(13)14-6)12-15-10(2,3)11(4,5)16-12/h7H,1-6H3/b8-7+. The van der Waals surface area contributed by atoms with E-state index in [2.05, 4.69) is 4.74 Å². The molecule has 1 fully saturated rings. The topological polar surface area (TPSA) is 44.8 Å². The summed E-state index contributed by atoms with van der Waals surface area (Å²) in [7, 11) is 0.694. The zero-order valence-electron chi connectivity index (χ0n) is 10.8. The van der Waals surface area contributed by atoms with Gasteiger partial charge in [0.25, 0.3) is 0 Å². The van der Waals surface area contributed by atoms with Crippen molar-refractivity contribution < 1.29 is 18.8 Å². The highest BCUT2D eigenvalue weighted by atomic mass is 16.7. The summed E-state index contributed by atoms with van der Waals surface area (Å²) in [6.45, 7) is 9.53. The van der Waals surface area contributed by atoms with Gasteiger partial charge < -0.3 is 14.0 Å². The fourth-order valence-corrected chi connectivity index (χ4v) is 1.44. The molecule has 5 heteroatoms. The van der Waals surface area contributed by atoms with Gasteiger partial charge in [-0.05, 0) is 34.6 Å². The van der Waals surface area contributed by atoms with Crippen LogP contribution in [-0.4, -0.2) is 31.4 Å². The molecule has 0 spiro atoms. The summed E-state index contributed by atoms with van der Waals surface area (Å²) in [5.41, 5.74) is -0.485. The maximum Gasteiger partial charge on any atom is 0.501 e. The van der Waals surface area contributed by atoms with Crippen LogP contribution in [0.1, 0.15) is 34.6 Å². The second-order valence-electron chi connectivity index (χ2n) is 4.82. The molecule has 1 heterocycles. The molecule has 0 aromatic rings. The maximum absolute atomic E-state index is 11.5. The molecule has 90 valence electrons. The molecule has 1 rings (SSSR count). The minimum Gasteiger partial charge on any atom is -0.466 e. The summed E-state index contributed by atoms with van der Waals surface area (Å²) in [5.74, 6) is -0.416. The predicted octanol–water partition coefficient (Wildman–Crippen LogP) is 1.74. The molecule has 0 saturated carbocycles. The number of hydrogen-bond donors (Lipinski definition) is 0. The van der Waals surface area contributed by atoms with Crippen LogP contribution in [0.25, 0.3) is 0 Å². The first-order valence-corrected chi connectivity index (χ1v) is 5.35. The zero-order chi connectivity index (χ0) is 12.6. The van der Waals surface area contributed by atoms with Crippen molar-refractivity contribution in [3.05, 3.63) is 11.5 Å². The highest BCUT2D eigenvalue weighted by Gasteiger charge is 2.53. The van der Waals surface area contributed by atoms with E-state index in [0.29, 0.717) is 5.47 Å². The molecule has 16 heavy (non-hydrogen) atoms. The smallest absolute Gasteiger partial charge is 0.466 e. The Labute approximate surface area is 97.1 Å². The van der Waals surface area contributed by atoms with Gasteiger partial charge in [-0.2, -0.15) is 0 Å². The van der Waals surface area contributed by atoms with E-state index in [1.54, 1.807) is 13.0 Å². The van der Waals surface area contributed by atoms with Crippen LogP contribution >= 0.6 is 0 Å². The predicted molar refractivity (Wildman–Crippen MR) is 61.9 cm³/mol. The molecule has 0 atom stereocenters. The van der Waals surface area contributed by atoms with Gasteiger partial charge in [-0.25, -0.2) is 4.79 Å². The molecule has 0 bridgehead atoms. The third-order valence-corrected chi connectivity index (χ3v) is 3.24. The van der Waals surface area contributed by atoms with Gasteiger partial charge in [0.05, 0.1) is 23.8 Å². The largest absolute Gasteiger partial charge is 0.501 e. The molecule has 0 N–H and O–H groups in total. The lowest BCUT2D eigenvalue weighted by Crippen LogP contribution is -2.41. The second kappa shape index (κ2) is 4.22. The Morgan fingerprint density at radius 3 is 1.94 bits per heavy atom. The van der Waals surface area contributed by atoms with E-state index in [-0.39, 0.29) is 0 Å². The Kier molecular flexibility index (Phi) is 3.50. The lowest BCUT2D eigenvalue weighted by atomic mass is 9.78. The van der Waals surface area contributed by atoms with Gasteiger partial charge in [0.15, 0.2) is 0 Å². The van der Waals surface area contributed by atoms with Crippen LogP contribution in [0.2, 0.25) is 0 Å². The average molecular weight is 226 g/mol. The van der Waals surface area contributed by atoms with Gasteiger partial charge in [0.1, 0.15) is 0 Å². The number of carbonyl (C=O) groups is 1. The number of esters is 1. The van der Waals surface area contributed by atoms with Crippen LogP contribution in [0.4, 0.5) is 0 Å². The van der Waals surface area contributed by atoms with E-state index in [1.807, 2.05) is 27.7 Å². The van der Waals surface area contributed by atoms with Gasteiger partial charge in [0.2, 0.25) is 0 Å². The first kappa shape index (κ1) is 13.3. The first-order valence-electron chi connectivity index (χ1n) is 5.35. The van der Waals surface area contributed by atoms with Gasteiger partial charge in [-0.3, -0.25) is 0 Å². The number of methoxy groups -OCH3 is 1. The second-order valence-corrected chi connectivity index (χ2v) is 4.82. The van der Waals surface area contributed by atoms with Gasteiger partial charge in [-0.15, -0.1) is 0 Å². The van der Waals surface area contributed by atoms with E-state index in [0.717, 1.165) is 0 Å². The van der Waals surface area contributed by atoms with Gasteiger partial charge in [0, 0.05) is 0 Å². The molecular weight excluding hydrogens is 207 g/mol. The molecule has 0 aromatic carbocycles. The molecule has 4 nitrogen and oxygen atoms in total. The molecule has 1 aliphatic heterocycles. The quantitative estimate of drug-likeness (QED) is 0.408. The van der Waals surface area contributed by atoms with Crippen LogP contribution in [0, 0.1) is 0 Å². The Morgan fingerprint density at radius 2 is 1.62 bits per heavy atom. The van der Waals surface area contributed by atoms with Crippen molar-refractivity contribution in [2.45, 2.75) is 45.8 Å². The molecule has 0 aliphatic carbocycles. The monoisotopic (exact) mass is 226 g/mol. The Bertz CT molecular complexity index is 304. The molecular formula is C11H19BO4. The SMILES string of the molecule is C/C=C(/B1OC(C)(C)C(C)(C)O1)C(=O)OC. The van der Waals surface area contributed by atoms with E-state index >= 15 is 0 Å². The van der Waals surface area contributed by atoms with Crippen molar-refractivity contribution in [2.75, 3.05) is 7.11 Å². The molecule has 1 saturated heterocycles. The maximum atomic E-state index is 11.5. The van der Waals surface area contributed by atoms with Crippen LogP contribution < -0.4 is 0 Å². The lowest BCUT2D eigenvalue weighted by Gasteiger charge is -2.32. The minimum atomic E-state index is -0.651. The number of ether oxygens (including phenoxy) is 1. The lowest BCUT2D eigenvalue weighted by molar-refractivity contribution is -0.135. The molecule has 0 aromatic heterocycles. The van der Waals surface area contributed by atoms with Crippen LogP contribution in [0.15, 0.2) is 11.5 Å². The summed E-state index contributed by atoms with van der Waals surface area (Å²) in [5, 5.41) is 0. The highest BCUT2D eigenvalue weighted by Crippen LogP contribution is 2.38. The Morgan fingerprint density at radius 1 is 1.19 bits per heavy atom. The normalized spacial score (nSPS) is 23.4. The fourth-order valence-electron chi connectivity index (χ4n) is 1.44. The van der Waals surface area contributed by atoms with Gasteiger partial charge in [-0.1, -0.05) is 6.08 Å². The summed E-state index contributed by atoms with van der Waals surface area (Å²) >= 11 is 0. The number of hydrogen-bond acceptors (Lipinski definition) is 4. The number of allylic oxidation sites excluding steroid dienone is 1. The first-order chi connectivity index (χ1) is 7.25. The van der Waals surface area contributed by atoms with Crippen molar-refractivity contribution in [3.8, 4) is 0 Å². The van der Waals surface area contributed by atoms with Crippen molar-refractivity contribution in [2.24, 2.45) is 0 Å². The van der Waals surface area contributed by atoms with Crippen molar-refractivity contribution in [1.29, 1.82) is 0 Å². The summed E-state index contributed by atoms with van der Waals surface area (Å²) in [6.07, 6.45) is 1.66. The molecule has 0 unspecified atom stereocenters. The minimum absolute atomic E-state index is 0.404. The zero-order valence-corrected chi connectivity index (χ0v) is 10.8. The van der Waals surface area contributed by atoms with E-state index in [4.69, 9.17) is 9.31 Å². The van der Waals surface area contributed by atoms with Crippen LogP contribution in [-0.2, 0) is 18.8 Å². The Balaban J connectivity index is 2.91. The van der Waals surface area contributed by atoms with Crippen LogP contribution in [0.5, 0.6) is 0 Å². The highest BCUT2D eigenvalue weighted by molar-refractivity contribution is 6.61. The summed E-state index contributed by atoms with van der Waals surface area (Å²) in [4.78, 5) is 11.5. The summed E-state index contributed by atoms with van der Waals surface area (Å²) in [6, 6.07) is 0. The van der Waals surface area contributed by atoms with Crippen molar-refractivity contribution in [1.82, 2.24) is 0 Å². The van der Waals surface area contributed by atoms with Crippen molar-refractivity contribution >= 4 is 13.1 Å². The Hall–Kier alpha value is -0.805. The summed E-state index contributed by atoms with van der Waals surface area (Å²) < 4.78 is 16.2. The molecule has 0 radical (unpaired) electrons. The van der Waals surface area contributed by atoms with Crippen LogP contribution in [0.3, 0.4) is 0 Å².